The zero-order chi connectivity index (χ0) is 17.0. The number of nitrogens with zero attached hydrogens (tertiary/aromatic N) is 1. The maximum Gasteiger partial charge on any atom is 0.231 e. The zero-order valence-electron chi connectivity index (χ0n) is 14.8. The Morgan fingerprint density at radius 2 is 1.92 bits per heavy atom. The van der Waals surface area contributed by atoms with Gasteiger partial charge in [-0.3, -0.25) is 4.90 Å². The molecule has 1 atom stereocenters. The first-order valence-corrected chi connectivity index (χ1v) is 9.12. The Labute approximate surface area is 148 Å². The minimum atomic E-state index is 0.340. The molecule has 3 aliphatic heterocycles. The van der Waals surface area contributed by atoms with Crippen LogP contribution in [0.25, 0.3) is 0 Å². The monoisotopic (exact) mass is 337 g/mol. The van der Waals surface area contributed by atoms with Gasteiger partial charge in [0.25, 0.3) is 0 Å². The maximum atomic E-state index is 5.62. The summed E-state index contributed by atoms with van der Waals surface area (Å²) in [7, 11) is 1.77. The van der Waals surface area contributed by atoms with Crippen molar-refractivity contribution < 1.29 is 14.2 Å². The fourth-order valence-electron chi connectivity index (χ4n) is 4.52. The average molecular weight is 337 g/mol. The minimum Gasteiger partial charge on any atom is -0.496 e. The van der Waals surface area contributed by atoms with Gasteiger partial charge in [0.05, 0.1) is 7.11 Å². The van der Waals surface area contributed by atoms with Crippen molar-refractivity contribution in [3.8, 4) is 17.2 Å². The number of benzene rings is 2. The van der Waals surface area contributed by atoms with Gasteiger partial charge in [-0.15, -0.1) is 0 Å². The highest BCUT2D eigenvalue weighted by atomic mass is 16.7. The van der Waals surface area contributed by atoms with Crippen LogP contribution in [0.5, 0.6) is 17.2 Å². The Kier molecular flexibility index (Phi) is 3.42. The highest BCUT2D eigenvalue weighted by molar-refractivity contribution is 5.52. The predicted molar refractivity (Wildman–Crippen MR) is 95.5 cm³/mol. The van der Waals surface area contributed by atoms with E-state index in [1.54, 1.807) is 7.11 Å². The van der Waals surface area contributed by atoms with Crippen molar-refractivity contribution in [2.75, 3.05) is 20.4 Å². The molecule has 0 saturated carbocycles. The van der Waals surface area contributed by atoms with Crippen LogP contribution in [-0.4, -0.2) is 25.3 Å². The summed E-state index contributed by atoms with van der Waals surface area (Å²) in [5.74, 6) is 2.82. The second-order valence-corrected chi connectivity index (χ2v) is 7.13. The van der Waals surface area contributed by atoms with Crippen molar-refractivity contribution in [3.63, 3.8) is 0 Å². The largest absolute Gasteiger partial charge is 0.496 e. The van der Waals surface area contributed by atoms with Gasteiger partial charge in [0.1, 0.15) is 5.75 Å². The standard InChI is InChI=1S/C21H23NO3/c1-3-13-6-16-11-22-5-4-14-8-20-21(25-12-24-20)10-17(14)18(22)7-15(16)9-19(13)23-2/h6,8-10,18H,3-5,7,11-12H2,1-2H3. The van der Waals surface area contributed by atoms with Crippen LogP contribution in [0.2, 0.25) is 0 Å². The molecule has 4 nitrogen and oxygen atoms in total. The summed E-state index contributed by atoms with van der Waals surface area (Å²) in [5.41, 5.74) is 6.99. The molecule has 0 amide bonds. The van der Waals surface area contributed by atoms with Gasteiger partial charge in [0.2, 0.25) is 6.79 Å². The Hall–Kier alpha value is -2.20. The van der Waals surface area contributed by atoms with Crippen LogP contribution in [0.1, 0.15) is 40.8 Å². The Morgan fingerprint density at radius 1 is 1.08 bits per heavy atom. The molecule has 5 rings (SSSR count). The fourth-order valence-corrected chi connectivity index (χ4v) is 4.52. The van der Waals surface area contributed by atoms with E-state index in [0.29, 0.717) is 12.8 Å². The van der Waals surface area contributed by atoms with Gasteiger partial charge in [-0.2, -0.15) is 0 Å². The van der Waals surface area contributed by atoms with Crippen LogP contribution in [0.15, 0.2) is 24.3 Å². The molecule has 0 saturated heterocycles. The number of methoxy groups -OCH3 is 1. The summed E-state index contributed by atoms with van der Waals surface area (Å²) >= 11 is 0. The number of ether oxygens (including phenoxy) is 3. The third kappa shape index (κ3) is 2.31. The lowest BCUT2D eigenvalue weighted by Crippen LogP contribution is -2.39. The van der Waals surface area contributed by atoms with Gasteiger partial charge in [-0.25, -0.2) is 0 Å². The Balaban J connectivity index is 1.56. The molecule has 0 aromatic heterocycles. The highest BCUT2D eigenvalue weighted by Crippen LogP contribution is 2.44. The van der Waals surface area contributed by atoms with Crippen LogP contribution in [0.4, 0.5) is 0 Å². The summed E-state index contributed by atoms with van der Waals surface area (Å²) < 4.78 is 16.8. The summed E-state index contributed by atoms with van der Waals surface area (Å²) in [6, 6.07) is 9.41. The van der Waals surface area contributed by atoms with E-state index in [2.05, 4.69) is 36.1 Å². The van der Waals surface area contributed by atoms with Gasteiger partial charge in [-0.1, -0.05) is 13.0 Å². The van der Waals surface area contributed by atoms with Crippen LogP contribution < -0.4 is 14.2 Å². The topological polar surface area (TPSA) is 30.9 Å². The molecule has 0 radical (unpaired) electrons. The zero-order valence-corrected chi connectivity index (χ0v) is 14.8. The van der Waals surface area contributed by atoms with E-state index >= 15 is 0 Å². The van der Waals surface area contributed by atoms with Crippen molar-refractivity contribution in [2.45, 2.75) is 38.8 Å². The molecule has 2 aromatic carbocycles. The molecule has 4 heteroatoms. The van der Waals surface area contributed by atoms with Gasteiger partial charge in [-0.05, 0) is 65.3 Å². The second kappa shape index (κ2) is 5.67. The summed E-state index contributed by atoms with van der Waals surface area (Å²) in [4.78, 5) is 2.61. The molecular weight excluding hydrogens is 314 g/mol. The summed E-state index contributed by atoms with van der Waals surface area (Å²) in [6.45, 7) is 4.65. The first kappa shape index (κ1) is 15.1. The number of hydrogen-bond acceptors (Lipinski definition) is 4. The lowest BCUT2D eigenvalue weighted by Gasteiger charge is -2.41. The Bertz CT molecular complexity index is 846. The van der Waals surface area contributed by atoms with Crippen molar-refractivity contribution in [3.05, 3.63) is 52.1 Å². The molecular formula is C21H23NO3. The van der Waals surface area contributed by atoms with Crippen LogP contribution in [-0.2, 0) is 25.8 Å². The van der Waals surface area contributed by atoms with Crippen LogP contribution >= 0.6 is 0 Å². The molecule has 0 fully saturated rings. The summed E-state index contributed by atoms with van der Waals surface area (Å²) in [6.07, 6.45) is 3.11. The average Bonchev–Trinajstić information content (AvgIpc) is 3.11. The molecule has 3 aliphatic rings. The number of hydrogen-bond donors (Lipinski definition) is 0. The first-order chi connectivity index (χ1) is 12.3. The predicted octanol–water partition coefficient (Wildman–Crippen LogP) is 3.64. The van der Waals surface area contributed by atoms with E-state index in [-0.39, 0.29) is 0 Å². The molecule has 130 valence electrons. The SMILES string of the molecule is CCc1cc2c(cc1OC)CC1c3cc4c(cc3CCN1C2)OCO4. The van der Waals surface area contributed by atoms with Crippen molar-refractivity contribution >= 4 is 0 Å². The minimum absolute atomic E-state index is 0.340. The smallest absolute Gasteiger partial charge is 0.231 e. The Morgan fingerprint density at radius 3 is 2.72 bits per heavy atom. The van der Waals surface area contributed by atoms with E-state index in [9.17, 15) is 0 Å². The number of aryl methyl sites for hydroxylation is 1. The normalized spacial score (nSPS) is 20.6. The molecule has 2 aromatic rings. The maximum absolute atomic E-state index is 5.62. The van der Waals surface area contributed by atoms with E-state index in [1.165, 1.54) is 27.8 Å². The molecule has 0 spiro atoms. The number of rotatable bonds is 2. The van der Waals surface area contributed by atoms with E-state index in [4.69, 9.17) is 14.2 Å². The van der Waals surface area contributed by atoms with Crippen LogP contribution in [0.3, 0.4) is 0 Å². The molecule has 25 heavy (non-hydrogen) atoms. The molecule has 1 unspecified atom stereocenters. The molecule has 3 heterocycles. The fraction of sp³-hybridized carbons (Fsp3) is 0.429. The van der Waals surface area contributed by atoms with Gasteiger partial charge >= 0.3 is 0 Å². The lowest BCUT2D eigenvalue weighted by molar-refractivity contribution is 0.160. The van der Waals surface area contributed by atoms with Crippen molar-refractivity contribution in [1.82, 2.24) is 4.90 Å². The molecule has 0 bridgehead atoms. The highest BCUT2D eigenvalue weighted by Gasteiger charge is 2.34. The van der Waals surface area contributed by atoms with Crippen LogP contribution in [0, 0.1) is 0 Å². The van der Waals surface area contributed by atoms with Crippen molar-refractivity contribution in [1.29, 1.82) is 0 Å². The second-order valence-electron chi connectivity index (χ2n) is 7.13. The van der Waals surface area contributed by atoms with E-state index in [0.717, 1.165) is 49.6 Å². The molecule has 0 N–H and O–H groups in total. The van der Waals surface area contributed by atoms with Crippen molar-refractivity contribution in [2.24, 2.45) is 0 Å². The van der Waals surface area contributed by atoms with Gasteiger partial charge < -0.3 is 14.2 Å². The quantitative estimate of drug-likeness (QED) is 0.837. The van der Waals surface area contributed by atoms with E-state index < -0.39 is 0 Å². The molecule has 0 aliphatic carbocycles. The van der Waals surface area contributed by atoms with E-state index in [1.807, 2.05) is 0 Å². The van der Waals surface area contributed by atoms with Gasteiger partial charge in [0.15, 0.2) is 11.5 Å². The summed E-state index contributed by atoms with van der Waals surface area (Å²) in [5, 5.41) is 0. The lowest BCUT2D eigenvalue weighted by atomic mass is 9.83. The van der Waals surface area contributed by atoms with Gasteiger partial charge in [0, 0.05) is 19.1 Å². The third-order valence-corrected chi connectivity index (χ3v) is 5.87. The third-order valence-electron chi connectivity index (χ3n) is 5.87. The number of fused-ring (bicyclic) bond motifs is 5. The first-order valence-electron chi connectivity index (χ1n) is 9.12.